The summed E-state index contributed by atoms with van der Waals surface area (Å²) < 4.78 is 47.1. The van der Waals surface area contributed by atoms with E-state index in [1.165, 1.54) is 45.2 Å². The van der Waals surface area contributed by atoms with Crippen LogP contribution in [-0.2, 0) is 10.0 Å². The number of carbonyl (C=O) groups excluding carboxylic acids is 1. The second kappa shape index (κ2) is 9.99. The Morgan fingerprint density at radius 2 is 1.69 bits per heavy atom. The smallest absolute Gasteiger partial charge is 0.251 e. The number of amides is 1. The zero-order valence-electron chi connectivity index (χ0n) is 19.2. The summed E-state index contributed by atoms with van der Waals surface area (Å²) in [6.45, 7) is 1.41. The van der Waals surface area contributed by atoms with Crippen LogP contribution in [0.1, 0.15) is 23.2 Å². The van der Waals surface area contributed by atoms with Crippen LogP contribution < -0.4 is 10.1 Å². The van der Waals surface area contributed by atoms with Crippen molar-refractivity contribution in [3.8, 4) is 17.3 Å². The molecule has 3 heterocycles. The SMILES string of the molecule is O=C(NCCOc1ccc2nnc(-c3ccc(F)cc3)n2n1)c1ccc(S(=O)(=O)N2CCCC2)cc1. The monoisotopic (exact) mass is 510 g/mol. The predicted molar refractivity (Wildman–Crippen MR) is 128 cm³/mol. The van der Waals surface area contributed by atoms with Gasteiger partial charge in [-0.25, -0.2) is 12.8 Å². The minimum Gasteiger partial charge on any atom is -0.475 e. The first-order valence-corrected chi connectivity index (χ1v) is 12.9. The molecule has 0 atom stereocenters. The molecule has 5 rings (SSSR count). The third-order valence-corrected chi connectivity index (χ3v) is 7.71. The molecule has 0 saturated carbocycles. The summed E-state index contributed by atoms with van der Waals surface area (Å²) >= 11 is 0. The van der Waals surface area contributed by atoms with E-state index in [1.54, 1.807) is 24.3 Å². The zero-order chi connectivity index (χ0) is 25.1. The first-order valence-electron chi connectivity index (χ1n) is 11.4. The standard InChI is InChI=1S/C24H23FN6O4S/c25-19-7-3-17(4-8-19)23-28-27-21-11-12-22(29-31(21)23)35-16-13-26-24(32)18-5-9-20(10-6-18)36(33,34)30-14-1-2-15-30/h3-12H,1-2,13-16H2,(H,26,32). The van der Waals surface area contributed by atoms with Gasteiger partial charge in [0, 0.05) is 30.3 Å². The third kappa shape index (κ3) is 4.90. The lowest BCUT2D eigenvalue weighted by atomic mass is 10.2. The van der Waals surface area contributed by atoms with E-state index in [1.807, 2.05) is 0 Å². The number of nitrogens with zero attached hydrogens (tertiary/aromatic N) is 5. The largest absolute Gasteiger partial charge is 0.475 e. The second-order valence-corrected chi connectivity index (χ2v) is 10.1. The van der Waals surface area contributed by atoms with E-state index in [4.69, 9.17) is 4.74 Å². The minimum atomic E-state index is -3.52. The Bertz CT molecular complexity index is 1480. The molecule has 1 aliphatic rings. The second-order valence-electron chi connectivity index (χ2n) is 8.21. The highest BCUT2D eigenvalue weighted by Crippen LogP contribution is 2.21. The summed E-state index contributed by atoms with van der Waals surface area (Å²) in [5.41, 5.74) is 1.51. The van der Waals surface area contributed by atoms with Crippen LogP contribution in [0.25, 0.3) is 17.0 Å². The third-order valence-electron chi connectivity index (χ3n) is 5.80. The number of hydrogen-bond acceptors (Lipinski definition) is 7. The van der Waals surface area contributed by atoms with Crippen molar-refractivity contribution in [1.82, 2.24) is 29.4 Å². The number of benzene rings is 2. The molecule has 186 valence electrons. The summed E-state index contributed by atoms with van der Waals surface area (Å²) in [5, 5.41) is 15.3. The first kappa shape index (κ1) is 23.8. The van der Waals surface area contributed by atoms with E-state index in [9.17, 15) is 17.6 Å². The number of halogens is 1. The molecule has 2 aromatic heterocycles. The fourth-order valence-corrected chi connectivity index (χ4v) is 5.42. The van der Waals surface area contributed by atoms with Crippen molar-refractivity contribution in [1.29, 1.82) is 0 Å². The molecule has 0 unspecified atom stereocenters. The fraction of sp³-hybridized carbons (Fsp3) is 0.250. The highest BCUT2D eigenvalue weighted by atomic mass is 32.2. The number of aromatic nitrogens is 4. The Kier molecular flexibility index (Phi) is 6.61. The summed E-state index contributed by atoms with van der Waals surface area (Å²) in [7, 11) is -3.52. The maximum atomic E-state index is 13.2. The summed E-state index contributed by atoms with van der Waals surface area (Å²) in [6.07, 6.45) is 1.72. The highest BCUT2D eigenvalue weighted by Gasteiger charge is 2.27. The molecule has 1 saturated heterocycles. The summed E-state index contributed by atoms with van der Waals surface area (Å²) in [4.78, 5) is 12.6. The highest BCUT2D eigenvalue weighted by molar-refractivity contribution is 7.89. The number of rotatable bonds is 8. The number of hydrogen-bond donors (Lipinski definition) is 1. The van der Waals surface area contributed by atoms with Crippen LogP contribution >= 0.6 is 0 Å². The lowest BCUT2D eigenvalue weighted by Gasteiger charge is -2.15. The lowest BCUT2D eigenvalue weighted by Crippen LogP contribution is -2.29. The van der Waals surface area contributed by atoms with Crippen molar-refractivity contribution in [3.05, 3.63) is 72.0 Å². The van der Waals surface area contributed by atoms with Crippen LogP contribution in [0.3, 0.4) is 0 Å². The predicted octanol–water partition coefficient (Wildman–Crippen LogP) is 2.52. The molecule has 0 aliphatic carbocycles. The maximum absolute atomic E-state index is 13.2. The molecule has 1 N–H and O–H groups in total. The van der Waals surface area contributed by atoms with Gasteiger partial charge in [-0.2, -0.15) is 8.82 Å². The number of nitrogens with one attached hydrogen (secondary N) is 1. The maximum Gasteiger partial charge on any atom is 0.251 e. The van der Waals surface area contributed by atoms with Gasteiger partial charge < -0.3 is 10.1 Å². The first-order chi connectivity index (χ1) is 17.4. The molecule has 1 fully saturated rings. The van der Waals surface area contributed by atoms with Crippen LogP contribution in [0.5, 0.6) is 5.88 Å². The van der Waals surface area contributed by atoms with Crippen molar-refractivity contribution >= 4 is 21.6 Å². The van der Waals surface area contributed by atoms with E-state index in [0.29, 0.717) is 41.6 Å². The Balaban J connectivity index is 1.17. The van der Waals surface area contributed by atoms with Gasteiger partial charge in [0.1, 0.15) is 12.4 Å². The van der Waals surface area contributed by atoms with E-state index < -0.39 is 10.0 Å². The van der Waals surface area contributed by atoms with Crippen LogP contribution in [0.4, 0.5) is 4.39 Å². The molecular weight excluding hydrogens is 487 g/mol. The lowest BCUT2D eigenvalue weighted by molar-refractivity contribution is 0.0946. The van der Waals surface area contributed by atoms with Crippen LogP contribution in [0, 0.1) is 5.82 Å². The number of fused-ring (bicyclic) bond motifs is 1. The molecule has 12 heteroatoms. The van der Waals surface area contributed by atoms with Gasteiger partial charge in [0.15, 0.2) is 11.5 Å². The van der Waals surface area contributed by atoms with E-state index in [2.05, 4.69) is 20.6 Å². The minimum absolute atomic E-state index is 0.152. The Hall–Kier alpha value is -3.90. The molecule has 1 aliphatic heterocycles. The van der Waals surface area contributed by atoms with Gasteiger partial charge in [-0.15, -0.1) is 15.3 Å². The number of carbonyl (C=O) groups is 1. The number of ether oxygens (including phenoxy) is 1. The van der Waals surface area contributed by atoms with Crippen molar-refractivity contribution < 1.29 is 22.3 Å². The molecule has 36 heavy (non-hydrogen) atoms. The molecule has 0 bridgehead atoms. The van der Waals surface area contributed by atoms with Crippen molar-refractivity contribution in [2.24, 2.45) is 0 Å². The Morgan fingerprint density at radius 3 is 2.42 bits per heavy atom. The Labute approximate surface area is 206 Å². The van der Waals surface area contributed by atoms with Gasteiger partial charge >= 0.3 is 0 Å². The Morgan fingerprint density at radius 1 is 0.972 bits per heavy atom. The normalized spacial score (nSPS) is 14.2. The van der Waals surface area contributed by atoms with Gasteiger partial charge in [-0.1, -0.05) is 0 Å². The van der Waals surface area contributed by atoms with Crippen molar-refractivity contribution in [3.63, 3.8) is 0 Å². The van der Waals surface area contributed by atoms with Gasteiger partial charge in [0.2, 0.25) is 15.9 Å². The topological polar surface area (TPSA) is 119 Å². The van der Waals surface area contributed by atoms with Crippen LogP contribution in [-0.4, -0.2) is 64.7 Å². The van der Waals surface area contributed by atoms with Gasteiger partial charge in [-0.3, -0.25) is 4.79 Å². The van der Waals surface area contributed by atoms with Crippen LogP contribution in [0.2, 0.25) is 0 Å². The zero-order valence-corrected chi connectivity index (χ0v) is 20.0. The van der Waals surface area contributed by atoms with E-state index >= 15 is 0 Å². The van der Waals surface area contributed by atoms with Gasteiger partial charge in [0.25, 0.3) is 5.91 Å². The van der Waals surface area contributed by atoms with Crippen molar-refractivity contribution in [2.45, 2.75) is 17.7 Å². The van der Waals surface area contributed by atoms with Gasteiger partial charge in [0.05, 0.1) is 11.4 Å². The van der Waals surface area contributed by atoms with Crippen molar-refractivity contribution in [2.75, 3.05) is 26.2 Å². The molecule has 2 aromatic carbocycles. The van der Waals surface area contributed by atoms with Crippen LogP contribution in [0.15, 0.2) is 65.6 Å². The van der Waals surface area contributed by atoms with Gasteiger partial charge in [-0.05, 0) is 67.4 Å². The summed E-state index contributed by atoms with van der Waals surface area (Å²) in [6, 6.07) is 15.1. The summed E-state index contributed by atoms with van der Waals surface area (Å²) in [5.74, 6) is 0.0505. The van der Waals surface area contributed by atoms with E-state index in [0.717, 1.165) is 12.8 Å². The average Bonchev–Trinajstić information content (AvgIpc) is 3.58. The molecule has 0 radical (unpaired) electrons. The average molecular weight is 511 g/mol. The quantitative estimate of drug-likeness (QED) is 0.362. The molecule has 10 nitrogen and oxygen atoms in total. The molecule has 4 aromatic rings. The fourth-order valence-electron chi connectivity index (χ4n) is 3.91. The number of sulfonamides is 1. The molecule has 0 spiro atoms. The van der Waals surface area contributed by atoms with E-state index in [-0.39, 0.29) is 29.8 Å². The molecule has 1 amide bonds. The molecular formula is C24H23FN6O4S.